The van der Waals surface area contributed by atoms with Gasteiger partial charge in [-0.05, 0) is 72.4 Å². The average molecular weight is 546 g/mol. The van der Waals surface area contributed by atoms with Crippen LogP contribution in [-0.4, -0.2) is 29.0 Å². The summed E-state index contributed by atoms with van der Waals surface area (Å²) in [6.07, 6.45) is 2.87. The molecule has 0 spiro atoms. The lowest BCUT2D eigenvalue weighted by Gasteiger charge is -2.41. The van der Waals surface area contributed by atoms with Crippen molar-refractivity contribution in [2.24, 2.45) is 21.6 Å². The maximum Gasteiger partial charge on any atom is 0.254 e. The van der Waals surface area contributed by atoms with Crippen LogP contribution >= 0.6 is 23.2 Å². The minimum atomic E-state index is -1.24. The van der Waals surface area contributed by atoms with Gasteiger partial charge in [0.2, 0.25) is 5.91 Å². The van der Waals surface area contributed by atoms with Crippen LogP contribution in [-0.2, 0) is 17.8 Å². The molecule has 37 heavy (non-hydrogen) atoms. The van der Waals surface area contributed by atoms with E-state index in [2.05, 4.69) is 36.3 Å². The third-order valence-corrected chi connectivity index (χ3v) is 7.85. The van der Waals surface area contributed by atoms with Gasteiger partial charge in [0.05, 0.1) is 6.42 Å². The number of hydrogen-bond acceptors (Lipinski definition) is 6. The highest BCUT2D eigenvalue weighted by Crippen LogP contribution is 2.39. The molecule has 8 nitrogen and oxygen atoms in total. The van der Waals surface area contributed by atoms with E-state index in [-0.39, 0.29) is 23.8 Å². The van der Waals surface area contributed by atoms with Gasteiger partial charge in [-0.2, -0.15) is 0 Å². The van der Waals surface area contributed by atoms with Crippen LogP contribution in [0.5, 0.6) is 0 Å². The van der Waals surface area contributed by atoms with Crippen LogP contribution < -0.4 is 5.32 Å². The maximum atomic E-state index is 13.6. The maximum absolute atomic E-state index is 13.6. The zero-order valence-electron chi connectivity index (χ0n) is 21.4. The van der Waals surface area contributed by atoms with Gasteiger partial charge in [-0.1, -0.05) is 62.2 Å². The fraction of sp³-hybridized carbons (Fsp3) is 0.481. The van der Waals surface area contributed by atoms with Crippen molar-refractivity contribution in [3.05, 3.63) is 69.2 Å². The van der Waals surface area contributed by atoms with Crippen molar-refractivity contribution in [1.29, 1.82) is 11.1 Å². The highest BCUT2D eigenvalue weighted by Gasteiger charge is 2.34. The van der Waals surface area contributed by atoms with Gasteiger partial charge < -0.3 is 10.2 Å². The molecule has 1 aliphatic rings. The first kappa shape index (κ1) is 28.7. The summed E-state index contributed by atoms with van der Waals surface area (Å²) >= 11 is 12.7. The molecule has 2 aromatic carbocycles. The number of amides is 2. The molecule has 10 heteroatoms. The first-order valence-electron chi connectivity index (χ1n) is 12.4. The second-order valence-corrected chi connectivity index (χ2v) is 11.4. The molecule has 0 bridgehead atoms. The number of halogens is 2. The zero-order valence-corrected chi connectivity index (χ0v) is 22.9. The lowest BCUT2D eigenvalue weighted by atomic mass is 9.71. The molecule has 0 aliphatic heterocycles. The summed E-state index contributed by atoms with van der Waals surface area (Å²) in [5.41, 5.74) is 16.0. The first-order valence-corrected chi connectivity index (χ1v) is 13.1. The van der Waals surface area contributed by atoms with Crippen molar-refractivity contribution in [1.82, 2.24) is 10.2 Å². The van der Waals surface area contributed by atoms with E-state index in [0.717, 1.165) is 31.2 Å². The van der Waals surface area contributed by atoms with Crippen molar-refractivity contribution < 1.29 is 9.59 Å². The van der Waals surface area contributed by atoms with Gasteiger partial charge in [0.25, 0.3) is 12.2 Å². The highest BCUT2D eigenvalue weighted by molar-refractivity contribution is 6.36. The average Bonchev–Trinajstić information content (AvgIpc) is 2.87. The third kappa shape index (κ3) is 7.58. The Morgan fingerprint density at radius 3 is 2.08 bits per heavy atom. The molecule has 0 unspecified atom stereocenters. The van der Waals surface area contributed by atoms with E-state index in [4.69, 9.17) is 34.3 Å². The number of carbonyl (C=O) groups is 2. The Morgan fingerprint density at radius 2 is 1.57 bits per heavy atom. The van der Waals surface area contributed by atoms with Crippen LogP contribution in [0.4, 0.5) is 0 Å². The Morgan fingerprint density at radius 1 is 1.00 bits per heavy atom. The van der Waals surface area contributed by atoms with Crippen LogP contribution in [0.15, 0.2) is 52.7 Å². The SMILES string of the molecule is CC(C)(C)C1CCC(N(Cc2ccc(C(=O)NC(N=N)N=N)cc2)C(=O)Cc2c(Cl)cccc2Cl)CC1. The van der Waals surface area contributed by atoms with Crippen molar-refractivity contribution in [2.45, 2.75) is 71.8 Å². The lowest BCUT2D eigenvalue weighted by molar-refractivity contribution is -0.134. The summed E-state index contributed by atoms with van der Waals surface area (Å²) < 4.78 is 0. The van der Waals surface area contributed by atoms with Crippen LogP contribution in [0.1, 0.15) is 67.9 Å². The van der Waals surface area contributed by atoms with Crippen molar-refractivity contribution in [3.8, 4) is 0 Å². The van der Waals surface area contributed by atoms with E-state index >= 15 is 0 Å². The number of benzene rings is 2. The highest BCUT2D eigenvalue weighted by atomic mass is 35.5. The fourth-order valence-electron chi connectivity index (χ4n) is 4.88. The smallest absolute Gasteiger partial charge is 0.254 e. The quantitative estimate of drug-likeness (QED) is 0.288. The third-order valence-electron chi connectivity index (χ3n) is 7.15. The number of hydrogen-bond donors (Lipinski definition) is 3. The lowest BCUT2D eigenvalue weighted by Crippen LogP contribution is -2.43. The Bertz CT molecular complexity index is 1100. The molecule has 1 fully saturated rings. The topological polar surface area (TPSA) is 122 Å². The van der Waals surface area contributed by atoms with E-state index in [1.807, 2.05) is 17.0 Å². The van der Waals surface area contributed by atoms with Crippen molar-refractivity contribution in [3.63, 3.8) is 0 Å². The Kier molecular flexibility index (Phi) is 9.79. The number of nitrogens with zero attached hydrogens (tertiary/aromatic N) is 3. The molecular weight excluding hydrogens is 511 g/mol. The van der Waals surface area contributed by atoms with Gasteiger partial charge in [0, 0.05) is 28.2 Å². The summed E-state index contributed by atoms with van der Waals surface area (Å²) in [4.78, 5) is 27.9. The van der Waals surface area contributed by atoms with E-state index in [1.54, 1.807) is 30.3 Å². The minimum absolute atomic E-state index is 0.0343. The molecule has 0 radical (unpaired) electrons. The van der Waals surface area contributed by atoms with Gasteiger partial charge in [-0.15, -0.1) is 10.2 Å². The Labute approximate surface area is 228 Å². The summed E-state index contributed by atoms with van der Waals surface area (Å²) in [5, 5.41) is 9.47. The van der Waals surface area contributed by atoms with E-state index < -0.39 is 12.2 Å². The molecule has 1 aliphatic carbocycles. The minimum Gasteiger partial charge on any atom is -0.335 e. The monoisotopic (exact) mass is 544 g/mol. The molecule has 2 amide bonds. The molecule has 2 aromatic rings. The van der Waals surface area contributed by atoms with Gasteiger partial charge in [0.1, 0.15) is 0 Å². The normalized spacial score (nSPS) is 18.5. The molecular formula is C27H34Cl2N6O2. The van der Waals surface area contributed by atoms with E-state index in [0.29, 0.717) is 33.6 Å². The zero-order chi connectivity index (χ0) is 27.2. The van der Waals surface area contributed by atoms with Gasteiger partial charge in [-0.25, -0.2) is 11.1 Å². The standard InChI is InChI=1S/C27H34Cl2N6O2/c1-27(2,3)19-11-13-20(14-12-19)35(24(36)15-21-22(28)5-4-6-23(21)29)16-17-7-9-18(10-8-17)25(37)32-26(33-30)34-31/h4-10,19-20,26,30-31H,11-16H2,1-3H3,(H,32,37). The van der Waals surface area contributed by atoms with E-state index in [1.165, 1.54) is 0 Å². The number of rotatable bonds is 9. The second kappa shape index (κ2) is 12.6. The molecule has 0 atom stereocenters. The summed E-state index contributed by atoms with van der Waals surface area (Å²) in [6, 6.07) is 12.3. The molecule has 0 aromatic heterocycles. The van der Waals surface area contributed by atoms with Gasteiger partial charge in [-0.3, -0.25) is 9.59 Å². The molecule has 0 saturated heterocycles. The predicted octanol–water partition coefficient (Wildman–Crippen LogP) is 7.24. The Balaban J connectivity index is 1.79. The van der Waals surface area contributed by atoms with Crippen LogP contribution in [0.3, 0.4) is 0 Å². The van der Waals surface area contributed by atoms with Crippen LogP contribution in [0, 0.1) is 22.4 Å². The Hall–Kier alpha value is -2.84. The first-order chi connectivity index (χ1) is 17.5. The molecule has 0 heterocycles. The molecule has 198 valence electrons. The summed E-state index contributed by atoms with van der Waals surface area (Å²) in [5.74, 6) is 0.101. The van der Waals surface area contributed by atoms with E-state index in [9.17, 15) is 9.59 Å². The van der Waals surface area contributed by atoms with Gasteiger partial charge >= 0.3 is 0 Å². The predicted molar refractivity (Wildman–Crippen MR) is 144 cm³/mol. The summed E-state index contributed by atoms with van der Waals surface area (Å²) in [6.45, 7) is 7.23. The second-order valence-electron chi connectivity index (χ2n) is 10.6. The number of carbonyl (C=O) groups excluding carboxylic acids is 2. The van der Waals surface area contributed by atoms with Crippen LogP contribution in [0.2, 0.25) is 10.0 Å². The van der Waals surface area contributed by atoms with Crippen LogP contribution in [0.25, 0.3) is 0 Å². The fourth-order valence-corrected chi connectivity index (χ4v) is 5.41. The van der Waals surface area contributed by atoms with Gasteiger partial charge in [0.15, 0.2) is 0 Å². The molecule has 1 saturated carbocycles. The molecule has 3 rings (SSSR count). The summed E-state index contributed by atoms with van der Waals surface area (Å²) in [7, 11) is 0. The number of nitrogens with one attached hydrogen (secondary N) is 3. The van der Waals surface area contributed by atoms with Crippen molar-refractivity contribution >= 4 is 35.0 Å². The molecule has 3 N–H and O–H groups in total. The van der Waals surface area contributed by atoms with Crippen molar-refractivity contribution in [2.75, 3.05) is 0 Å². The largest absolute Gasteiger partial charge is 0.335 e.